The lowest BCUT2D eigenvalue weighted by Gasteiger charge is -2.45. The fourth-order valence-corrected chi connectivity index (χ4v) is 5.22. The highest BCUT2D eigenvalue weighted by Gasteiger charge is 2.41. The van der Waals surface area contributed by atoms with Crippen molar-refractivity contribution >= 4 is 30.7 Å². The second kappa shape index (κ2) is 10.1. The van der Waals surface area contributed by atoms with Gasteiger partial charge in [0.05, 0.1) is 0 Å². The highest BCUT2D eigenvalue weighted by molar-refractivity contribution is 5.85. The van der Waals surface area contributed by atoms with Crippen molar-refractivity contribution in [2.45, 2.75) is 44.7 Å². The third-order valence-corrected chi connectivity index (χ3v) is 6.70. The van der Waals surface area contributed by atoms with Gasteiger partial charge in [-0.05, 0) is 43.1 Å². The number of piperazine rings is 1. The van der Waals surface area contributed by atoms with Gasteiger partial charge in [-0.25, -0.2) is 0 Å². The van der Waals surface area contributed by atoms with E-state index >= 15 is 0 Å². The molecule has 2 N–H and O–H groups in total. The molecule has 6 heteroatoms. The summed E-state index contributed by atoms with van der Waals surface area (Å²) >= 11 is 0. The molecule has 1 amide bonds. The maximum Gasteiger partial charge on any atom is 0.225 e. The number of rotatable bonds is 3. The maximum atomic E-state index is 13.0. The smallest absolute Gasteiger partial charge is 0.225 e. The molecule has 0 aromatic heterocycles. The number of fused-ring (bicyclic) bond motifs is 2. The number of benzene rings is 1. The third-order valence-electron chi connectivity index (χ3n) is 6.70. The highest BCUT2D eigenvalue weighted by Crippen LogP contribution is 2.42. The van der Waals surface area contributed by atoms with Crippen molar-refractivity contribution in [1.29, 1.82) is 0 Å². The minimum atomic E-state index is 0. The van der Waals surface area contributed by atoms with Gasteiger partial charge in [-0.2, -0.15) is 0 Å². The summed E-state index contributed by atoms with van der Waals surface area (Å²) in [5.41, 5.74) is 7.74. The minimum absolute atomic E-state index is 0. The van der Waals surface area contributed by atoms with Gasteiger partial charge in [0.15, 0.2) is 0 Å². The maximum absolute atomic E-state index is 13.0. The molecule has 3 aliphatic rings. The Morgan fingerprint density at radius 3 is 2.15 bits per heavy atom. The minimum Gasteiger partial charge on any atom is -0.340 e. The molecule has 2 saturated carbocycles. The van der Waals surface area contributed by atoms with E-state index in [9.17, 15) is 4.79 Å². The number of halogens is 2. The molecule has 1 aromatic carbocycles. The van der Waals surface area contributed by atoms with Crippen LogP contribution in [0.15, 0.2) is 30.3 Å². The topological polar surface area (TPSA) is 49.6 Å². The van der Waals surface area contributed by atoms with Crippen molar-refractivity contribution in [3.8, 4) is 0 Å². The Morgan fingerprint density at radius 1 is 0.963 bits per heavy atom. The van der Waals surface area contributed by atoms with Crippen LogP contribution in [0.4, 0.5) is 0 Å². The predicted molar refractivity (Wildman–Crippen MR) is 114 cm³/mol. The normalized spacial score (nSPS) is 30.8. The van der Waals surface area contributed by atoms with Crippen LogP contribution in [0.25, 0.3) is 0 Å². The van der Waals surface area contributed by atoms with Gasteiger partial charge in [0, 0.05) is 44.7 Å². The first-order valence-electron chi connectivity index (χ1n) is 10.0. The lowest BCUT2D eigenvalue weighted by atomic mass is 9.65. The number of hydrogen-bond acceptors (Lipinski definition) is 3. The summed E-state index contributed by atoms with van der Waals surface area (Å²) in [6.45, 7) is 4.72. The van der Waals surface area contributed by atoms with E-state index < -0.39 is 0 Å². The molecule has 2 atom stereocenters. The van der Waals surface area contributed by atoms with Crippen LogP contribution in [0.1, 0.15) is 37.7 Å². The molecule has 2 unspecified atom stereocenters. The van der Waals surface area contributed by atoms with Crippen LogP contribution in [0.5, 0.6) is 0 Å². The van der Waals surface area contributed by atoms with Crippen molar-refractivity contribution in [1.82, 2.24) is 9.80 Å². The van der Waals surface area contributed by atoms with Crippen molar-refractivity contribution in [3.05, 3.63) is 35.9 Å². The van der Waals surface area contributed by atoms with Crippen molar-refractivity contribution < 1.29 is 4.79 Å². The largest absolute Gasteiger partial charge is 0.340 e. The van der Waals surface area contributed by atoms with E-state index in [1.807, 2.05) is 0 Å². The summed E-state index contributed by atoms with van der Waals surface area (Å²) in [4.78, 5) is 17.6. The van der Waals surface area contributed by atoms with E-state index in [2.05, 4.69) is 40.1 Å². The third kappa shape index (κ3) is 5.17. The second-order valence-electron chi connectivity index (χ2n) is 8.28. The van der Waals surface area contributed by atoms with Crippen LogP contribution >= 0.6 is 24.8 Å². The molecule has 3 fully saturated rings. The molecule has 152 valence electrons. The first kappa shape index (κ1) is 22.5. The summed E-state index contributed by atoms with van der Waals surface area (Å²) < 4.78 is 0. The number of carbonyl (C=O) groups is 1. The molecule has 2 bridgehead atoms. The molecule has 1 aromatic rings. The average molecular weight is 414 g/mol. The number of nitrogens with zero attached hydrogens (tertiary/aromatic N) is 2. The summed E-state index contributed by atoms with van der Waals surface area (Å²) in [7, 11) is 0. The van der Waals surface area contributed by atoms with Crippen LogP contribution in [0.2, 0.25) is 0 Å². The molecule has 4 nitrogen and oxygen atoms in total. The quantitative estimate of drug-likeness (QED) is 0.826. The number of carbonyl (C=O) groups excluding carboxylic acids is 1. The van der Waals surface area contributed by atoms with Crippen LogP contribution in [0.3, 0.4) is 0 Å². The van der Waals surface area contributed by atoms with E-state index in [1.54, 1.807) is 0 Å². The van der Waals surface area contributed by atoms with Crippen molar-refractivity contribution in [2.75, 3.05) is 26.2 Å². The number of nitrogens with two attached hydrogens (primary N) is 1. The Hall–Kier alpha value is -0.810. The molecule has 1 aliphatic heterocycles. The van der Waals surface area contributed by atoms with Crippen LogP contribution in [-0.4, -0.2) is 47.9 Å². The van der Waals surface area contributed by atoms with Crippen LogP contribution in [0, 0.1) is 17.8 Å². The molecule has 27 heavy (non-hydrogen) atoms. The Kier molecular flexibility index (Phi) is 8.41. The monoisotopic (exact) mass is 413 g/mol. The van der Waals surface area contributed by atoms with Gasteiger partial charge in [-0.3, -0.25) is 9.69 Å². The van der Waals surface area contributed by atoms with Gasteiger partial charge in [-0.15, -0.1) is 24.8 Å². The molecule has 2 aliphatic carbocycles. The number of hydrogen-bond donors (Lipinski definition) is 1. The van der Waals surface area contributed by atoms with E-state index in [4.69, 9.17) is 5.73 Å². The first-order chi connectivity index (χ1) is 12.2. The Balaban J connectivity index is 0.00000131. The standard InChI is InChI=1S/C21H31N3O.2ClH/c22-20-17-7-4-8-18(20)14-19(13-17)21(25)24-11-9-23(10-12-24)15-16-5-2-1-3-6-16;;/h1-3,5-6,17-20H,4,7-15,22H2;2*1H. The summed E-state index contributed by atoms with van der Waals surface area (Å²) in [5, 5.41) is 0. The molecule has 1 saturated heterocycles. The zero-order chi connectivity index (χ0) is 17.2. The van der Waals surface area contributed by atoms with Gasteiger partial charge in [-0.1, -0.05) is 36.8 Å². The van der Waals surface area contributed by atoms with Crippen molar-refractivity contribution in [2.24, 2.45) is 23.5 Å². The van der Waals surface area contributed by atoms with Crippen molar-refractivity contribution in [3.63, 3.8) is 0 Å². The van der Waals surface area contributed by atoms with E-state index in [-0.39, 0.29) is 30.7 Å². The van der Waals surface area contributed by atoms with Gasteiger partial charge >= 0.3 is 0 Å². The second-order valence-corrected chi connectivity index (χ2v) is 8.28. The Morgan fingerprint density at radius 2 is 1.56 bits per heavy atom. The fourth-order valence-electron chi connectivity index (χ4n) is 5.22. The van der Waals surface area contributed by atoms with E-state index in [1.165, 1.54) is 24.8 Å². The Bertz CT molecular complexity index is 578. The lowest BCUT2D eigenvalue weighted by molar-refractivity contribution is -0.140. The zero-order valence-electron chi connectivity index (χ0n) is 16.0. The molecule has 0 spiro atoms. The zero-order valence-corrected chi connectivity index (χ0v) is 17.6. The van der Waals surface area contributed by atoms with Gasteiger partial charge in [0.2, 0.25) is 5.91 Å². The molecule has 4 rings (SSSR count). The average Bonchev–Trinajstić information content (AvgIpc) is 2.62. The summed E-state index contributed by atoms with van der Waals surface area (Å²) in [6, 6.07) is 11.0. The molecular weight excluding hydrogens is 381 g/mol. The van der Waals surface area contributed by atoms with Gasteiger partial charge in [0.25, 0.3) is 0 Å². The Labute approximate surface area is 175 Å². The molecule has 0 radical (unpaired) electrons. The highest BCUT2D eigenvalue weighted by atomic mass is 35.5. The van der Waals surface area contributed by atoms with Gasteiger partial charge in [0.1, 0.15) is 0 Å². The SMILES string of the molecule is Cl.Cl.NC1C2CCCC1CC(C(=O)N1CCN(Cc3ccccc3)CC1)C2. The van der Waals surface area contributed by atoms with E-state index in [0.29, 0.717) is 23.8 Å². The number of amides is 1. The summed E-state index contributed by atoms with van der Waals surface area (Å²) in [5.74, 6) is 1.81. The summed E-state index contributed by atoms with van der Waals surface area (Å²) in [6.07, 6.45) is 5.82. The van der Waals surface area contributed by atoms with Gasteiger partial charge < -0.3 is 10.6 Å². The molecule has 1 heterocycles. The first-order valence-corrected chi connectivity index (χ1v) is 10.0. The predicted octanol–water partition coefficient (Wildman–Crippen LogP) is 3.33. The van der Waals surface area contributed by atoms with Crippen LogP contribution in [-0.2, 0) is 11.3 Å². The lowest BCUT2D eigenvalue weighted by Crippen LogP contribution is -2.53. The van der Waals surface area contributed by atoms with E-state index in [0.717, 1.165) is 45.6 Å². The fraction of sp³-hybridized carbons (Fsp3) is 0.667. The molecular formula is C21H33Cl2N3O. The van der Waals surface area contributed by atoms with Crippen LogP contribution < -0.4 is 5.73 Å².